The monoisotopic (exact) mass is 364 g/mol. The first-order valence-electron chi connectivity index (χ1n) is 9.46. The number of allylic oxidation sites excluding steroid dienone is 3. The zero-order valence-electron chi connectivity index (χ0n) is 16.7. The summed E-state index contributed by atoms with van der Waals surface area (Å²) in [6.45, 7) is 8.23. The van der Waals surface area contributed by atoms with Crippen molar-refractivity contribution in [3.8, 4) is 17.2 Å². The van der Waals surface area contributed by atoms with Crippen molar-refractivity contribution in [2.75, 3.05) is 12.4 Å². The summed E-state index contributed by atoms with van der Waals surface area (Å²) in [4.78, 5) is 0. The quantitative estimate of drug-likeness (QED) is 0.708. The van der Waals surface area contributed by atoms with Crippen LogP contribution < -0.4 is 20.1 Å². The Morgan fingerprint density at radius 1 is 1.07 bits per heavy atom. The fourth-order valence-electron chi connectivity index (χ4n) is 3.30. The second-order valence-corrected chi connectivity index (χ2v) is 6.64. The van der Waals surface area contributed by atoms with E-state index in [2.05, 4.69) is 30.5 Å². The average Bonchev–Trinajstić information content (AvgIpc) is 2.66. The third kappa shape index (κ3) is 4.01. The Hall–Kier alpha value is -2.72. The number of rotatable bonds is 3. The van der Waals surface area contributed by atoms with Gasteiger partial charge in [0.2, 0.25) is 0 Å². The molecule has 1 atom stereocenters. The summed E-state index contributed by atoms with van der Waals surface area (Å²) in [7, 11) is 1.94. The maximum atomic E-state index is 6.41. The molecule has 0 saturated heterocycles. The van der Waals surface area contributed by atoms with Gasteiger partial charge in [0.1, 0.15) is 23.0 Å². The normalized spacial score (nSPS) is 18.1. The van der Waals surface area contributed by atoms with E-state index in [1.807, 2.05) is 63.4 Å². The minimum Gasteiger partial charge on any atom is -0.461 e. The highest BCUT2D eigenvalue weighted by molar-refractivity contribution is 5.63. The van der Waals surface area contributed by atoms with Crippen molar-refractivity contribution in [3.05, 3.63) is 71.1 Å². The Balaban J connectivity index is 2.26. The van der Waals surface area contributed by atoms with E-state index in [1.54, 1.807) is 0 Å². The van der Waals surface area contributed by atoms with E-state index in [-0.39, 0.29) is 6.04 Å². The molecule has 2 N–H and O–H groups in total. The standard InChI is InChI=1S/C23H28N2O2/c1-6-17-14-15(3)26-21-12-9-13-22(23(21)16(4)24-5)27-20-11-8-10-19(25-17)18(20)7-2/h6,8-14,16,24-25H,7H2,1-5H3/b15-14+,17-6+. The lowest BCUT2D eigenvalue weighted by Crippen LogP contribution is -2.15. The number of anilines is 1. The minimum absolute atomic E-state index is 0.0829. The van der Waals surface area contributed by atoms with Crippen LogP contribution >= 0.6 is 0 Å². The molecule has 0 amide bonds. The van der Waals surface area contributed by atoms with E-state index in [4.69, 9.17) is 9.47 Å². The van der Waals surface area contributed by atoms with Crippen molar-refractivity contribution in [2.24, 2.45) is 0 Å². The molecule has 4 nitrogen and oxygen atoms in total. The van der Waals surface area contributed by atoms with Crippen molar-refractivity contribution in [2.45, 2.75) is 40.2 Å². The Bertz CT molecular complexity index is 884. The second kappa shape index (κ2) is 8.31. The van der Waals surface area contributed by atoms with Crippen LogP contribution in [0.25, 0.3) is 0 Å². The van der Waals surface area contributed by atoms with Gasteiger partial charge in [-0.1, -0.05) is 25.1 Å². The number of fused-ring (bicyclic) bond motifs is 4. The fourth-order valence-corrected chi connectivity index (χ4v) is 3.30. The van der Waals surface area contributed by atoms with Gasteiger partial charge in [-0.3, -0.25) is 0 Å². The zero-order valence-corrected chi connectivity index (χ0v) is 16.7. The molecule has 1 unspecified atom stereocenters. The molecule has 2 aromatic carbocycles. The van der Waals surface area contributed by atoms with Gasteiger partial charge in [-0.05, 0) is 64.6 Å². The van der Waals surface area contributed by atoms with E-state index in [0.29, 0.717) is 0 Å². The first kappa shape index (κ1) is 19.1. The molecule has 3 rings (SSSR count). The molecule has 27 heavy (non-hydrogen) atoms. The van der Waals surface area contributed by atoms with Crippen molar-refractivity contribution >= 4 is 5.69 Å². The number of ether oxygens (including phenoxy) is 2. The van der Waals surface area contributed by atoms with E-state index in [1.165, 1.54) is 0 Å². The molecule has 0 aliphatic carbocycles. The van der Waals surface area contributed by atoms with Gasteiger partial charge in [0.15, 0.2) is 0 Å². The predicted octanol–water partition coefficient (Wildman–Crippen LogP) is 5.93. The zero-order chi connectivity index (χ0) is 19.4. The molecule has 1 heterocycles. The van der Waals surface area contributed by atoms with Gasteiger partial charge >= 0.3 is 0 Å². The maximum absolute atomic E-state index is 6.41. The topological polar surface area (TPSA) is 42.5 Å². The molecule has 142 valence electrons. The Kier molecular flexibility index (Phi) is 5.87. The molecular formula is C23H28N2O2. The molecule has 0 radical (unpaired) electrons. The summed E-state index contributed by atoms with van der Waals surface area (Å²) in [6, 6.07) is 12.2. The maximum Gasteiger partial charge on any atom is 0.135 e. The van der Waals surface area contributed by atoms with Crippen LogP contribution in [0.15, 0.2) is 60.0 Å². The predicted molar refractivity (Wildman–Crippen MR) is 112 cm³/mol. The Morgan fingerprint density at radius 3 is 2.41 bits per heavy atom. The summed E-state index contributed by atoms with van der Waals surface area (Å²) in [5.41, 5.74) is 4.19. The molecule has 0 aromatic heterocycles. The van der Waals surface area contributed by atoms with Crippen LogP contribution in [0.3, 0.4) is 0 Å². The highest BCUT2D eigenvalue weighted by Crippen LogP contribution is 2.40. The molecule has 4 heteroatoms. The van der Waals surface area contributed by atoms with E-state index in [0.717, 1.165) is 51.9 Å². The number of nitrogens with one attached hydrogen (secondary N) is 2. The number of hydrogen-bond donors (Lipinski definition) is 2. The molecule has 1 aliphatic heterocycles. The first-order chi connectivity index (χ1) is 13.1. The van der Waals surface area contributed by atoms with Crippen LogP contribution in [-0.4, -0.2) is 7.05 Å². The van der Waals surface area contributed by atoms with Crippen LogP contribution in [0.4, 0.5) is 5.69 Å². The van der Waals surface area contributed by atoms with E-state index >= 15 is 0 Å². The first-order valence-corrected chi connectivity index (χ1v) is 9.46. The Labute approximate surface area is 161 Å². The summed E-state index contributed by atoms with van der Waals surface area (Å²) in [5, 5.41) is 6.82. The van der Waals surface area contributed by atoms with Crippen molar-refractivity contribution in [1.29, 1.82) is 0 Å². The molecular weight excluding hydrogens is 336 g/mol. The van der Waals surface area contributed by atoms with Crippen LogP contribution in [-0.2, 0) is 6.42 Å². The highest BCUT2D eigenvalue weighted by Gasteiger charge is 2.20. The van der Waals surface area contributed by atoms with Gasteiger partial charge in [-0.25, -0.2) is 0 Å². The SMILES string of the molecule is C/C=C1\C=C(/C)Oc2cccc(c2C(C)NC)Oc2cccc(c2CC)N1. The largest absolute Gasteiger partial charge is 0.461 e. The molecule has 0 fully saturated rings. The van der Waals surface area contributed by atoms with E-state index in [9.17, 15) is 0 Å². The third-order valence-corrected chi connectivity index (χ3v) is 4.82. The average molecular weight is 364 g/mol. The number of hydrogen-bond acceptors (Lipinski definition) is 4. The van der Waals surface area contributed by atoms with Crippen LogP contribution in [0.2, 0.25) is 0 Å². The lowest BCUT2D eigenvalue weighted by Gasteiger charge is -2.23. The molecule has 1 aliphatic rings. The van der Waals surface area contributed by atoms with Gasteiger partial charge in [-0.2, -0.15) is 0 Å². The van der Waals surface area contributed by atoms with Gasteiger partial charge < -0.3 is 20.1 Å². The van der Waals surface area contributed by atoms with Crippen LogP contribution in [0.5, 0.6) is 17.2 Å². The van der Waals surface area contributed by atoms with E-state index < -0.39 is 0 Å². The van der Waals surface area contributed by atoms with Crippen molar-refractivity contribution in [1.82, 2.24) is 5.32 Å². The summed E-state index contributed by atoms with van der Waals surface area (Å²) in [5.74, 6) is 3.28. The molecule has 2 aromatic rings. The molecule has 0 saturated carbocycles. The minimum atomic E-state index is 0.0829. The molecule has 0 spiro atoms. The van der Waals surface area contributed by atoms with Crippen molar-refractivity contribution < 1.29 is 9.47 Å². The summed E-state index contributed by atoms with van der Waals surface area (Å²) in [6.07, 6.45) is 4.93. The van der Waals surface area contributed by atoms with Crippen LogP contribution in [0, 0.1) is 0 Å². The summed E-state index contributed by atoms with van der Waals surface area (Å²) >= 11 is 0. The smallest absolute Gasteiger partial charge is 0.135 e. The lowest BCUT2D eigenvalue weighted by atomic mass is 10.0. The fraction of sp³-hybridized carbons (Fsp3) is 0.304. The number of benzene rings is 2. The third-order valence-electron chi connectivity index (χ3n) is 4.82. The molecule has 4 bridgehead atoms. The van der Waals surface area contributed by atoms with Gasteiger partial charge in [0.25, 0.3) is 0 Å². The van der Waals surface area contributed by atoms with Gasteiger partial charge in [0, 0.05) is 23.0 Å². The summed E-state index contributed by atoms with van der Waals surface area (Å²) < 4.78 is 12.6. The Morgan fingerprint density at radius 2 is 1.74 bits per heavy atom. The lowest BCUT2D eigenvalue weighted by molar-refractivity contribution is 0.402. The van der Waals surface area contributed by atoms with Crippen LogP contribution in [0.1, 0.15) is 44.9 Å². The van der Waals surface area contributed by atoms with Gasteiger partial charge in [0.05, 0.1) is 5.56 Å². The van der Waals surface area contributed by atoms with Crippen molar-refractivity contribution in [3.63, 3.8) is 0 Å². The van der Waals surface area contributed by atoms with Gasteiger partial charge in [-0.15, -0.1) is 0 Å². The highest BCUT2D eigenvalue weighted by atomic mass is 16.5. The second-order valence-electron chi connectivity index (χ2n) is 6.64.